The molecule has 0 unspecified atom stereocenters. The molecule has 3 rings (SSSR count). The van der Waals surface area contributed by atoms with Gasteiger partial charge < -0.3 is 5.32 Å². The average Bonchev–Trinajstić information content (AvgIpc) is 2.68. The van der Waals surface area contributed by atoms with E-state index in [-0.39, 0.29) is 11.4 Å². The Balaban J connectivity index is 1.86. The SMILES string of the molecule is N#C/C(=C\c1ccccc1Cc1cccc(F)c1)C(=O)Nc1ccccc1. The lowest BCUT2D eigenvalue weighted by Gasteiger charge is -2.08. The minimum Gasteiger partial charge on any atom is -0.321 e. The van der Waals surface area contributed by atoms with Gasteiger partial charge in [-0.05, 0) is 53.5 Å². The number of hydrogen-bond acceptors (Lipinski definition) is 2. The molecule has 0 heterocycles. The van der Waals surface area contributed by atoms with Crippen molar-refractivity contribution in [3.8, 4) is 6.07 Å². The van der Waals surface area contributed by atoms with Gasteiger partial charge in [-0.25, -0.2) is 4.39 Å². The Morgan fingerprint density at radius 2 is 1.74 bits per heavy atom. The molecular weight excluding hydrogens is 339 g/mol. The van der Waals surface area contributed by atoms with Gasteiger partial charge in [-0.15, -0.1) is 0 Å². The molecule has 3 nitrogen and oxygen atoms in total. The zero-order chi connectivity index (χ0) is 19.1. The number of carbonyl (C=O) groups excluding carboxylic acids is 1. The molecule has 0 spiro atoms. The Kier molecular flexibility index (Phi) is 5.76. The molecule has 4 heteroatoms. The molecule has 3 aromatic rings. The van der Waals surface area contributed by atoms with Crippen LogP contribution in [-0.2, 0) is 11.2 Å². The van der Waals surface area contributed by atoms with Crippen molar-refractivity contribution in [1.82, 2.24) is 0 Å². The molecule has 0 saturated heterocycles. The molecular formula is C23H17FN2O. The van der Waals surface area contributed by atoms with E-state index in [1.807, 2.05) is 42.5 Å². The summed E-state index contributed by atoms with van der Waals surface area (Å²) in [5.41, 5.74) is 3.11. The second-order valence-corrected chi connectivity index (χ2v) is 6.00. The lowest BCUT2D eigenvalue weighted by molar-refractivity contribution is -0.112. The van der Waals surface area contributed by atoms with Gasteiger partial charge in [0.2, 0.25) is 0 Å². The lowest BCUT2D eigenvalue weighted by Crippen LogP contribution is -2.13. The zero-order valence-corrected chi connectivity index (χ0v) is 14.5. The summed E-state index contributed by atoms with van der Waals surface area (Å²) in [6.07, 6.45) is 2.07. The maximum absolute atomic E-state index is 13.4. The van der Waals surface area contributed by atoms with Crippen LogP contribution in [0.3, 0.4) is 0 Å². The van der Waals surface area contributed by atoms with Crippen LogP contribution in [-0.4, -0.2) is 5.91 Å². The van der Waals surface area contributed by atoms with Gasteiger partial charge in [0, 0.05) is 5.69 Å². The summed E-state index contributed by atoms with van der Waals surface area (Å²) in [6, 6.07) is 24.8. The number of para-hydroxylation sites is 1. The Morgan fingerprint density at radius 1 is 1.00 bits per heavy atom. The summed E-state index contributed by atoms with van der Waals surface area (Å²) < 4.78 is 13.4. The average molecular weight is 356 g/mol. The number of rotatable bonds is 5. The molecule has 0 aliphatic carbocycles. The van der Waals surface area contributed by atoms with Gasteiger partial charge in [0.1, 0.15) is 17.5 Å². The summed E-state index contributed by atoms with van der Waals surface area (Å²) in [4.78, 5) is 12.4. The summed E-state index contributed by atoms with van der Waals surface area (Å²) in [6.45, 7) is 0. The van der Waals surface area contributed by atoms with E-state index in [2.05, 4.69) is 5.32 Å². The molecule has 3 aromatic carbocycles. The molecule has 0 radical (unpaired) electrons. The first-order valence-electron chi connectivity index (χ1n) is 8.46. The molecule has 0 aromatic heterocycles. The summed E-state index contributed by atoms with van der Waals surface area (Å²) in [7, 11) is 0. The first kappa shape index (κ1) is 18.1. The molecule has 27 heavy (non-hydrogen) atoms. The van der Waals surface area contributed by atoms with E-state index >= 15 is 0 Å². The lowest BCUT2D eigenvalue weighted by atomic mass is 9.98. The van der Waals surface area contributed by atoms with E-state index in [1.165, 1.54) is 12.1 Å². The van der Waals surface area contributed by atoms with Gasteiger partial charge in [-0.1, -0.05) is 54.6 Å². The zero-order valence-electron chi connectivity index (χ0n) is 14.5. The third-order valence-electron chi connectivity index (χ3n) is 4.04. The van der Waals surface area contributed by atoms with Crippen molar-refractivity contribution in [2.75, 3.05) is 5.32 Å². The van der Waals surface area contributed by atoms with Crippen LogP contribution in [0.15, 0.2) is 84.4 Å². The standard InChI is InChI=1S/C23H17FN2O/c24-21-10-6-7-17(14-21)13-18-8-4-5-9-19(18)15-20(16-25)23(27)26-22-11-2-1-3-12-22/h1-12,14-15H,13H2,(H,26,27)/b20-15+. The fraction of sp³-hybridized carbons (Fsp3) is 0.0435. The molecule has 0 fully saturated rings. The fourth-order valence-corrected chi connectivity index (χ4v) is 2.73. The van der Waals surface area contributed by atoms with Crippen LogP contribution in [0.2, 0.25) is 0 Å². The van der Waals surface area contributed by atoms with E-state index in [0.29, 0.717) is 12.1 Å². The predicted octanol–water partition coefficient (Wildman–Crippen LogP) is 4.96. The summed E-state index contributed by atoms with van der Waals surface area (Å²) in [5, 5.41) is 12.1. The highest BCUT2D eigenvalue weighted by molar-refractivity contribution is 6.09. The summed E-state index contributed by atoms with van der Waals surface area (Å²) >= 11 is 0. The molecule has 0 bridgehead atoms. The molecule has 1 N–H and O–H groups in total. The minimum absolute atomic E-state index is 0.00513. The number of benzene rings is 3. The minimum atomic E-state index is -0.468. The van der Waals surface area contributed by atoms with Gasteiger partial charge in [-0.2, -0.15) is 5.26 Å². The molecule has 0 aliphatic rings. The van der Waals surface area contributed by atoms with Crippen LogP contribution >= 0.6 is 0 Å². The maximum atomic E-state index is 13.4. The van der Waals surface area contributed by atoms with Crippen LogP contribution in [0.4, 0.5) is 10.1 Å². The first-order chi connectivity index (χ1) is 13.2. The molecule has 0 aliphatic heterocycles. The van der Waals surface area contributed by atoms with Crippen molar-refractivity contribution in [3.05, 3.63) is 107 Å². The highest BCUT2D eigenvalue weighted by atomic mass is 19.1. The Labute approximate surface area is 157 Å². The normalized spacial score (nSPS) is 10.9. The van der Waals surface area contributed by atoms with Crippen molar-refractivity contribution in [3.63, 3.8) is 0 Å². The number of nitrogens with one attached hydrogen (secondary N) is 1. The second-order valence-electron chi connectivity index (χ2n) is 6.00. The van der Waals surface area contributed by atoms with Gasteiger partial charge >= 0.3 is 0 Å². The second kappa shape index (κ2) is 8.59. The van der Waals surface area contributed by atoms with E-state index in [4.69, 9.17) is 0 Å². The predicted molar refractivity (Wildman–Crippen MR) is 104 cm³/mol. The van der Waals surface area contributed by atoms with E-state index < -0.39 is 5.91 Å². The molecule has 132 valence electrons. The van der Waals surface area contributed by atoms with Crippen molar-refractivity contribution in [2.45, 2.75) is 6.42 Å². The smallest absolute Gasteiger partial charge is 0.266 e. The molecule has 0 saturated carbocycles. The number of amides is 1. The Morgan fingerprint density at radius 3 is 2.48 bits per heavy atom. The van der Waals surface area contributed by atoms with Crippen LogP contribution in [0.1, 0.15) is 16.7 Å². The number of nitrogens with zero attached hydrogens (tertiary/aromatic N) is 1. The van der Waals surface area contributed by atoms with Crippen LogP contribution in [0.25, 0.3) is 6.08 Å². The van der Waals surface area contributed by atoms with E-state index in [9.17, 15) is 14.4 Å². The van der Waals surface area contributed by atoms with Crippen molar-refractivity contribution < 1.29 is 9.18 Å². The van der Waals surface area contributed by atoms with Gasteiger partial charge in [0.15, 0.2) is 0 Å². The van der Waals surface area contributed by atoms with Gasteiger partial charge in [0.05, 0.1) is 0 Å². The van der Waals surface area contributed by atoms with Crippen molar-refractivity contribution >= 4 is 17.7 Å². The highest BCUT2D eigenvalue weighted by Gasteiger charge is 2.11. The summed E-state index contributed by atoms with van der Waals surface area (Å²) in [5.74, 6) is -0.760. The van der Waals surface area contributed by atoms with Crippen LogP contribution in [0, 0.1) is 17.1 Å². The quantitative estimate of drug-likeness (QED) is 0.519. The third kappa shape index (κ3) is 4.90. The van der Waals surface area contributed by atoms with Crippen molar-refractivity contribution in [2.24, 2.45) is 0 Å². The van der Waals surface area contributed by atoms with E-state index in [1.54, 1.807) is 36.4 Å². The Bertz CT molecular complexity index is 1020. The van der Waals surface area contributed by atoms with Crippen molar-refractivity contribution in [1.29, 1.82) is 5.26 Å². The third-order valence-corrected chi connectivity index (χ3v) is 4.04. The number of hydrogen-bond donors (Lipinski definition) is 1. The number of anilines is 1. The first-order valence-corrected chi connectivity index (χ1v) is 8.46. The topological polar surface area (TPSA) is 52.9 Å². The van der Waals surface area contributed by atoms with Gasteiger partial charge in [0.25, 0.3) is 5.91 Å². The number of nitriles is 1. The number of halogens is 1. The highest BCUT2D eigenvalue weighted by Crippen LogP contribution is 2.19. The largest absolute Gasteiger partial charge is 0.321 e. The van der Waals surface area contributed by atoms with Crippen LogP contribution < -0.4 is 5.32 Å². The molecule has 1 amide bonds. The maximum Gasteiger partial charge on any atom is 0.266 e. The van der Waals surface area contributed by atoms with Crippen LogP contribution in [0.5, 0.6) is 0 Å². The molecule has 0 atom stereocenters. The van der Waals surface area contributed by atoms with E-state index in [0.717, 1.165) is 16.7 Å². The van der Waals surface area contributed by atoms with Gasteiger partial charge in [-0.3, -0.25) is 4.79 Å². The Hall–Kier alpha value is -3.71. The number of carbonyl (C=O) groups is 1. The fourth-order valence-electron chi connectivity index (χ4n) is 2.73. The monoisotopic (exact) mass is 356 g/mol.